The van der Waals surface area contributed by atoms with Gasteiger partial charge in [-0.1, -0.05) is 0 Å². The van der Waals surface area contributed by atoms with Gasteiger partial charge in [0.1, 0.15) is 0 Å². The van der Waals surface area contributed by atoms with Crippen molar-refractivity contribution in [3.63, 3.8) is 0 Å². The summed E-state index contributed by atoms with van der Waals surface area (Å²) in [4.78, 5) is 5.52. The standard InChI is InChI=1S/C20H36N2/c1-16(2)21-10-8-20(9-11-21)14-18(15-20)17(3)22-12-6-19(4-5-19)7-13-22/h16-18H,4-15H2,1-3H3. The minimum atomic E-state index is 0.746. The molecule has 0 aromatic heterocycles. The average Bonchev–Trinajstić information content (AvgIpc) is 3.24. The molecule has 0 N–H and O–H groups in total. The van der Waals surface area contributed by atoms with Gasteiger partial charge in [0.15, 0.2) is 0 Å². The van der Waals surface area contributed by atoms with Crippen molar-refractivity contribution in [2.24, 2.45) is 16.7 Å². The number of likely N-dealkylation sites (tertiary alicyclic amines) is 2. The topological polar surface area (TPSA) is 6.48 Å². The Kier molecular flexibility index (Phi) is 3.85. The summed E-state index contributed by atoms with van der Waals surface area (Å²) in [6.45, 7) is 12.7. The molecule has 2 aliphatic carbocycles. The molecule has 22 heavy (non-hydrogen) atoms. The molecule has 2 heterocycles. The van der Waals surface area contributed by atoms with E-state index in [0.717, 1.165) is 28.8 Å². The highest BCUT2D eigenvalue weighted by atomic mass is 15.2. The highest BCUT2D eigenvalue weighted by Crippen LogP contribution is 2.56. The Morgan fingerprint density at radius 2 is 1.18 bits per heavy atom. The van der Waals surface area contributed by atoms with Crippen LogP contribution in [0.3, 0.4) is 0 Å². The third-order valence-corrected chi connectivity index (χ3v) is 8.05. The molecule has 2 spiro atoms. The van der Waals surface area contributed by atoms with Crippen molar-refractivity contribution in [3.8, 4) is 0 Å². The Morgan fingerprint density at radius 1 is 0.682 bits per heavy atom. The third-order valence-electron chi connectivity index (χ3n) is 8.05. The van der Waals surface area contributed by atoms with E-state index in [2.05, 4.69) is 30.6 Å². The number of rotatable bonds is 3. The number of hydrogen-bond donors (Lipinski definition) is 0. The first-order chi connectivity index (χ1) is 10.5. The van der Waals surface area contributed by atoms with Gasteiger partial charge in [-0.2, -0.15) is 0 Å². The first-order valence-electron chi connectivity index (χ1n) is 9.99. The van der Waals surface area contributed by atoms with Crippen molar-refractivity contribution in [1.29, 1.82) is 0 Å². The smallest absolute Gasteiger partial charge is 0.00956 e. The molecule has 2 nitrogen and oxygen atoms in total. The highest BCUT2D eigenvalue weighted by molar-refractivity contribution is 5.02. The molecule has 2 saturated carbocycles. The molecule has 0 amide bonds. The summed E-state index contributed by atoms with van der Waals surface area (Å²) in [5, 5.41) is 0. The van der Waals surface area contributed by atoms with Gasteiger partial charge < -0.3 is 9.80 Å². The van der Waals surface area contributed by atoms with Crippen molar-refractivity contribution in [1.82, 2.24) is 9.80 Å². The molecule has 4 rings (SSSR count). The predicted molar refractivity (Wildman–Crippen MR) is 93.0 cm³/mol. The molecular weight excluding hydrogens is 268 g/mol. The van der Waals surface area contributed by atoms with Gasteiger partial charge in [0.25, 0.3) is 0 Å². The second-order valence-electron chi connectivity index (χ2n) is 9.57. The molecule has 2 saturated heterocycles. The fourth-order valence-corrected chi connectivity index (χ4v) is 5.70. The normalized spacial score (nSPS) is 33.3. The molecule has 126 valence electrons. The first-order valence-corrected chi connectivity index (χ1v) is 9.99. The fraction of sp³-hybridized carbons (Fsp3) is 1.00. The van der Waals surface area contributed by atoms with Crippen LogP contribution < -0.4 is 0 Å². The van der Waals surface area contributed by atoms with Crippen molar-refractivity contribution in [3.05, 3.63) is 0 Å². The van der Waals surface area contributed by atoms with E-state index in [1.54, 1.807) is 0 Å². The van der Waals surface area contributed by atoms with Gasteiger partial charge in [0.05, 0.1) is 0 Å². The van der Waals surface area contributed by atoms with Gasteiger partial charge in [0, 0.05) is 12.1 Å². The van der Waals surface area contributed by atoms with Crippen molar-refractivity contribution < 1.29 is 0 Å². The van der Waals surface area contributed by atoms with Crippen LogP contribution in [0.1, 0.15) is 72.1 Å². The maximum atomic E-state index is 2.84. The van der Waals surface area contributed by atoms with E-state index in [9.17, 15) is 0 Å². The van der Waals surface area contributed by atoms with Gasteiger partial charge in [-0.3, -0.25) is 0 Å². The summed E-state index contributed by atoms with van der Waals surface area (Å²) in [6, 6.07) is 1.60. The van der Waals surface area contributed by atoms with Crippen LogP contribution in [-0.2, 0) is 0 Å². The van der Waals surface area contributed by atoms with Crippen molar-refractivity contribution >= 4 is 0 Å². The predicted octanol–water partition coefficient (Wildman–Crippen LogP) is 4.15. The van der Waals surface area contributed by atoms with E-state index >= 15 is 0 Å². The minimum absolute atomic E-state index is 0.746. The van der Waals surface area contributed by atoms with E-state index in [0.29, 0.717) is 0 Å². The molecule has 1 unspecified atom stereocenters. The lowest BCUT2D eigenvalue weighted by molar-refractivity contribution is -0.0569. The zero-order valence-corrected chi connectivity index (χ0v) is 15.1. The van der Waals surface area contributed by atoms with Crippen LogP contribution >= 0.6 is 0 Å². The van der Waals surface area contributed by atoms with Crippen LogP contribution in [0.4, 0.5) is 0 Å². The Bertz CT molecular complexity index is 386. The lowest BCUT2D eigenvalue weighted by Gasteiger charge is -2.56. The molecule has 4 fully saturated rings. The summed E-state index contributed by atoms with van der Waals surface area (Å²) in [6.07, 6.45) is 12.1. The van der Waals surface area contributed by atoms with Gasteiger partial charge in [-0.25, -0.2) is 0 Å². The van der Waals surface area contributed by atoms with Crippen LogP contribution in [0.25, 0.3) is 0 Å². The maximum absolute atomic E-state index is 2.84. The van der Waals surface area contributed by atoms with Crippen LogP contribution in [-0.4, -0.2) is 48.1 Å². The number of hydrogen-bond acceptors (Lipinski definition) is 2. The van der Waals surface area contributed by atoms with Gasteiger partial charge in [-0.05, 0) is 115 Å². The average molecular weight is 305 g/mol. The summed E-state index contributed by atoms with van der Waals surface area (Å²) in [7, 11) is 0. The second-order valence-corrected chi connectivity index (χ2v) is 9.57. The van der Waals surface area contributed by atoms with Gasteiger partial charge in [0.2, 0.25) is 0 Å². The Labute approximate surface area is 137 Å². The van der Waals surface area contributed by atoms with E-state index in [1.807, 2.05) is 0 Å². The van der Waals surface area contributed by atoms with Gasteiger partial charge >= 0.3 is 0 Å². The quantitative estimate of drug-likeness (QED) is 0.773. The molecular formula is C20H36N2. The fourth-order valence-electron chi connectivity index (χ4n) is 5.70. The third kappa shape index (κ3) is 2.75. The molecule has 0 bridgehead atoms. The van der Waals surface area contributed by atoms with Crippen LogP contribution in [0.15, 0.2) is 0 Å². The molecule has 0 radical (unpaired) electrons. The van der Waals surface area contributed by atoms with Gasteiger partial charge in [-0.15, -0.1) is 0 Å². The highest BCUT2D eigenvalue weighted by Gasteiger charge is 2.50. The largest absolute Gasteiger partial charge is 0.301 e. The van der Waals surface area contributed by atoms with E-state index in [1.165, 1.54) is 77.5 Å². The summed E-state index contributed by atoms with van der Waals surface area (Å²) in [5.74, 6) is 0.999. The van der Waals surface area contributed by atoms with E-state index in [-0.39, 0.29) is 0 Å². The monoisotopic (exact) mass is 304 g/mol. The lowest BCUT2D eigenvalue weighted by atomic mass is 9.55. The van der Waals surface area contributed by atoms with Crippen molar-refractivity contribution in [2.75, 3.05) is 26.2 Å². The second kappa shape index (κ2) is 5.48. The zero-order valence-electron chi connectivity index (χ0n) is 15.1. The van der Waals surface area contributed by atoms with Crippen LogP contribution in [0.2, 0.25) is 0 Å². The summed E-state index contributed by atoms with van der Waals surface area (Å²) in [5.41, 5.74) is 1.58. The first kappa shape index (κ1) is 15.4. The molecule has 4 aliphatic rings. The Balaban J connectivity index is 1.25. The molecule has 0 aromatic rings. The zero-order chi connectivity index (χ0) is 15.4. The summed E-state index contributed by atoms with van der Waals surface area (Å²) >= 11 is 0. The molecule has 2 heteroatoms. The Hall–Kier alpha value is -0.0800. The van der Waals surface area contributed by atoms with E-state index in [4.69, 9.17) is 0 Å². The minimum Gasteiger partial charge on any atom is -0.301 e. The SMILES string of the molecule is CC(C)N1CCC2(CC1)CC(C(C)N1CCC3(CC1)CC3)C2. The number of nitrogens with zero attached hydrogens (tertiary/aromatic N) is 2. The van der Waals surface area contributed by atoms with Crippen LogP contribution in [0.5, 0.6) is 0 Å². The summed E-state index contributed by atoms with van der Waals surface area (Å²) < 4.78 is 0. The molecule has 0 aromatic carbocycles. The maximum Gasteiger partial charge on any atom is 0.00956 e. The lowest BCUT2D eigenvalue weighted by Crippen LogP contribution is -2.54. The van der Waals surface area contributed by atoms with Crippen molar-refractivity contribution in [2.45, 2.75) is 84.2 Å². The van der Waals surface area contributed by atoms with E-state index < -0.39 is 0 Å². The Morgan fingerprint density at radius 3 is 1.68 bits per heavy atom. The molecule has 2 aliphatic heterocycles. The molecule has 1 atom stereocenters. The number of piperidine rings is 2. The van der Waals surface area contributed by atoms with Crippen LogP contribution in [0, 0.1) is 16.7 Å².